The molecule has 1 amide bonds. The van der Waals surface area contributed by atoms with Crippen molar-refractivity contribution in [3.8, 4) is 16.9 Å². The number of unbranched alkanes of at least 4 members (excludes halogenated alkanes) is 1. The fourth-order valence-electron chi connectivity index (χ4n) is 6.02. The number of fused-ring (bicyclic) bond motifs is 1. The molecule has 48 heavy (non-hydrogen) atoms. The molecule has 1 aliphatic carbocycles. The summed E-state index contributed by atoms with van der Waals surface area (Å²) in [6, 6.07) is 23.6. The number of amides is 1. The first kappa shape index (κ1) is 33.9. The third-order valence-corrected chi connectivity index (χ3v) is 9.78. The van der Waals surface area contributed by atoms with E-state index in [1.54, 1.807) is 11.8 Å². The number of imidazole rings is 1. The van der Waals surface area contributed by atoms with Gasteiger partial charge in [0, 0.05) is 65.2 Å². The van der Waals surface area contributed by atoms with E-state index < -0.39 is 0 Å². The summed E-state index contributed by atoms with van der Waals surface area (Å²) in [7, 11) is 0. The van der Waals surface area contributed by atoms with E-state index in [9.17, 15) is 4.79 Å². The highest BCUT2D eigenvalue weighted by Gasteiger charge is 2.25. The number of carbonyl (C=O) groups excluding carboxylic acids is 1. The standard InChI is InChI=1S/C40H48N4O3S/c1-4-5-20-46-21-22-47-37-13-6-30(7-14-37)31-8-17-39-33(23-31)24-32(18-19-43(39)26-29(2)3)40(45)42-34-9-15-38(16-10-34)48-27-36-25-41-28-44(36)35-11-12-35/h6-10,13-17,23-25,28-29,35H,4-5,11-12,18-22,26-27H2,1-3H3,(H,42,45). The number of carbonyl (C=O) groups is 1. The minimum atomic E-state index is -0.0494. The van der Waals surface area contributed by atoms with Crippen molar-refractivity contribution in [2.45, 2.75) is 69.6 Å². The Kier molecular flexibility index (Phi) is 11.6. The third-order valence-electron chi connectivity index (χ3n) is 8.74. The van der Waals surface area contributed by atoms with Crippen molar-refractivity contribution in [2.75, 3.05) is 43.1 Å². The quantitative estimate of drug-likeness (QED) is 0.0952. The zero-order valence-electron chi connectivity index (χ0n) is 28.5. The number of thioether (sulfide) groups is 1. The normalized spacial score (nSPS) is 14.4. The first-order valence-electron chi connectivity index (χ1n) is 17.4. The molecular weight excluding hydrogens is 617 g/mol. The molecule has 252 valence electrons. The minimum absolute atomic E-state index is 0.0494. The van der Waals surface area contributed by atoms with E-state index in [1.807, 2.05) is 36.8 Å². The fourth-order valence-corrected chi connectivity index (χ4v) is 6.89. The predicted octanol–water partition coefficient (Wildman–Crippen LogP) is 9.26. The number of nitrogens with one attached hydrogen (secondary N) is 1. The van der Waals surface area contributed by atoms with Crippen LogP contribution in [0, 0.1) is 5.92 Å². The molecule has 1 fully saturated rings. The topological polar surface area (TPSA) is 68.6 Å². The van der Waals surface area contributed by atoms with Crippen LogP contribution < -0.4 is 15.0 Å². The zero-order chi connectivity index (χ0) is 33.3. The molecule has 7 nitrogen and oxygen atoms in total. The number of hydrogen-bond donors (Lipinski definition) is 1. The first-order valence-corrected chi connectivity index (χ1v) is 18.4. The van der Waals surface area contributed by atoms with Crippen molar-refractivity contribution in [3.63, 3.8) is 0 Å². The van der Waals surface area contributed by atoms with E-state index in [4.69, 9.17) is 9.47 Å². The van der Waals surface area contributed by atoms with Gasteiger partial charge in [-0.1, -0.05) is 45.4 Å². The van der Waals surface area contributed by atoms with E-state index in [-0.39, 0.29) is 5.91 Å². The van der Waals surface area contributed by atoms with Crippen molar-refractivity contribution < 1.29 is 14.3 Å². The zero-order valence-corrected chi connectivity index (χ0v) is 29.3. The molecule has 1 N–H and O–H groups in total. The van der Waals surface area contributed by atoms with Crippen LogP contribution in [0.5, 0.6) is 5.75 Å². The Morgan fingerprint density at radius 2 is 1.79 bits per heavy atom. The summed E-state index contributed by atoms with van der Waals surface area (Å²) in [6.07, 6.45) is 11.4. The Labute approximate surface area is 289 Å². The summed E-state index contributed by atoms with van der Waals surface area (Å²) in [4.78, 5) is 21.6. The number of rotatable bonds is 16. The van der Waals surface area contributed by atoms with Gasteiger partial charge in [0.15, 0.2) is 0 Å². The SMILES string of the molecule is CCCCOCCOc1ccc(-c2ccc3c(c2)C=C(C(=O)Nc2ccc(SCc4cncn4C4CC4)cc2)CCN3CC(C)C)cc1. The lowest BCUT2D eigenvalue weighted by Crippen LogP contribution is -2.29. The van der Waals surface area contributed by atoms with E-state index in [2.05, 4.69) is 89.1 Å². The molecule has 4 aromatic rings. The van der Waals surface area contributed by atoms with Gasteiger partial charge in [-0.25, -0.2) is 4.98 Å². The summed E-state index contributed by atoms with van der Waals surface area (Å²) in [5, 5.41) is 3.17. The lowest BCUT2D eigenvalue weighted by Gasteiger charge is -2.27. The molecule has 0 radical (unpaired) electrons. The second kappa shape index (κ2) is 16.4. The second-order valence-corrected chi connectivity index (χ2v) is 14.2. The molecule has 1 aromatic heterocycles. The van der Waals surface area contributed by atoms with Gasteiger partial charge in [-0.3, -0.25) is 4.79 Å². The smallest absolute Gasteiger partial charge is 0.251 e. The Bertz CT molecular complexity index is 1680. The van der Waals surface area contributed by atoms with E-state index in [1.165, 1.54) is 29.1 Å². The molecule has 3 aromatic carbocycles. The summed E-state index contributed by atoms with van der Waals surface area (Å²) in [5.41, 5.74) is 7.31. The molecule has 1 aliphatic heterocycles. The molecule has 0 saturated heterocycles. The lowest BCUT2D eigenvalue weighted by atomic mass is 10.00. The van der Waals surface area contributed by atoms with E-state index in [0.717, 1.165) is 72.0 Å². The lowest BCUT2D eigenvalue weighted by molar-refractivity contribution is -0.112. The summed E-state index contributed by atoms with van der Waals surface area (Å²) in [6.45, 7) is 10.3. The molecular formula is C40H48N4O3S. The van der Waals surface area contributed by atoms with Crippen LogP contribution in [-0.4, -0.2) is 48.4 Å². The number of hydrogen-bond acceptors (Lipinski definition) is 6. The predicted molar refractivity (Wildman–Crippen MR) is 198 cm³/mol. The fraction of sp³-hybridized carbons (Fsp3) is 0.400. The van der Waals surface area contributed by atoms with Gasteiger partial charge in [-0.05, 0) is 103 Å². The summed E-state index contributed by atoms with van der Waals surface area (Å²) < 4.78 is 13.8. The molecule has 1 saturated carbocycles. The minimum Gasteiger partial charge on any atom is -0.491 e. The average Bonchev–Trinajstić information content (AvgIpc) is 3.86. The van der Waals surface area contributed by atoms with Crippen molar-refractivity contribution in [2.24, 2.45) is 5.92 Å². The van der Waals surface area contributed by atoms with Crippen LogP contribution in [0.4, 0.5) is 11.4 Å². The van der Waals surface area contributed by atoms with Crippen LogP contribution in [0.3, 0.4) is 0 Å². The van der Waals surface area contributed by atoms with Crippen molar-refractivity contribution in [3.05, 3.63) is 96.1 Å². The second-order valence-electron chi connectivity index (χ2n) is 13.2. The molecule has 2 heterocycles. The van der Waals surface area contributed by atoms with Gasteiger partial charge in [-0.2, -0.15) is 0 Å². The van der Waals surface area contributed by atoms with E-state index >= 15 is 0 Å². The summed E-state index contributed by atoms with van der Waals surface area (Å²) >= 11 is 1.80. The first-order chi connectivity index (χ1) is 23.5. The van der Waals surface area contributed by atoms with Crippen LogP contribution in [0.15, 0.2) is 89.7 Å². The maximum absolute atomic E-state index is 13.6. The molecule has 8 heteroatoms. The van der Waals surface area contributed by atoms with E-state index in [0.29, 0.717) is 31.6 Å². The number of ether oxygens (including phenoxy) is 2. The van der Waals surface area contributed by atoms with Crippen LogP contribution in [0.2, 0.25) is 0 Å². The number of benzene rings is 3. The number of anilines is 2. The Morgan fingerprint density at radius 1 is 1.00 bits per heavy atom. The number of aromatic nitrogens is 2. The Morgan fingerprint density at radius 3 is 2.54 bits per heavy atom. The van der Waals surface area contributed by atoms with Crippen LogP contribution in [0.25, 0.3) is 17.2 Å². The van der Waals surface area contributed by atoms with Crippen molar-refractivity contribution in [1.29, 1.82) is 0 Å². The molecule has 2 aliphatic rings. The van der Waals surface area contributed by atoms with Crippen molar-refractivity contribution in [1.82, 2.24) is 9.55 Å². The molecule has 6 rings (SSSR count). The molecule has 0 spiro atoms. The van der Waals surface area contributed by atoms with Gasteiger partial charge >= 0.3 is 0 Å². The van der Waals surface area contributed by atoms with Gasteiger partial charge in [-0.15, -0.1) is 11.8 Å². The van der Waals surface area contributed by atoms with Crippen molar-refractivity contribution >= 4 is 35.1 Å². The maximum Gasteiger partial charge on any atom is 0.251 e. The molecule has 0 bridgehead atoms. The molecule has 0 atom stereocenters. The Hall–Kier alpha value is -4.01. The van der Waals surface area contributed by atoms with Gasteiger partial charge in [0.05, 0.1) is 12.9 Å². The van der Waals surface area contributed by atoms with Crippen LogP contribution in [-0.2, 0) is 15.3 Å². The maximum atomic E-state index is 13.6. The number of nitrogens with zero attached hydrogens (tertiary/aromatic N) is 3. The third kappa shape index (κ3) is 9.11. The van der Waals surface area contributed by atoms with Gasteiger partial charge < -0.3 is 24.3 Å². The summed E-state index contributed by atoms with van der Waals surface area (Å²) in [5.74, 6) is 2.17. The van der Waals surface area contributed by atoms with Gasteiger partial charge in [0.2, 0.25) is 0 Å². The highest BCUT2D eigenvalue weighted by Crippen LogP contribution is 2.37. The highest BCUT2D eigenvalue weighted by atomic mass is 32.2. The molecule has 0 unspecified atom stereocenters. The van der Waals surface area contributed by atoms with Crippen LogP contribution in [0.1, 0.15) is 70.2 Å². The van der Waals surface area contributed by atoms with Crippen LogP contribution >= 0.6 is 11.8 Å². The van der Waals surface area contributed by atoms with Gasteiger partial charge in [0.1, 0.15) is 12.4 Å². The highest BCUT2D eigenvalue weighted by molar-refractivity contribution is 7.98. The largest absolute Gasteiger partial charge is 0.491 e. The van der Waals surface area contributed by atoms with Gasteiger partial charge in [0.25, 0.3) is 5.91 Å². The Balaban J connectivity index is 1.12. The average molecular weight is 665 g/mol. The monoisotopic (exact) mass is 664 g/mol.